The minimum absolute atomic E-state index is 0.0347. The molecule has 0 radical (unpaired) electrons. The zero-order chi connectivity index (χ0) is 28.0. The highest BCUT2D eigenvalue weighted by molar-refractivity contribution is 6.30. The van der Waals surface area contributed by atoms with Crippen LogP contribution in [0.4, 0.5) is 10.5 Å². The van der Waals surface area contributed by atoms with Gasteiger partial charge in [0, 0.05) is 16.2 Å². The number of hydrogen-bond donors (Lipinski definition) is 3. The first-order valence-corrected chi connectivity index (χ1v) is 13.5. The molecule has 8 heteroatoms. The van der Waals surface area contributed by atoms with Crippen molar-refractivity contribution in [2.24, 2.45) is 0 Å². The SMILES string of the molecule is CC(C)(C)NC(=O)CN1C(=O)C(NC(=O)Nc2cccc(Cl)c2)CC(c2ccccc2)CC1c1ccccc1. The summed E-state index contributed by atoms with van der Waals surface area (Å²) >= 11 is 6.07. The number of rotatable bonds is 6. The molecule has 39 heavy (non-hydrogen) atoms. The third-order valence-electron chi connectivity index (χ3n) is 6.66. The fraction of sp³-hybridized carbons (Fsp3) is 0.323. The number of hydrogen-bond acceptors (Lipinski definition) is 3. The molecule has 7 nitrogen and oxygen atoms in total. The molecule has 1 heterocycles. The molecule has 0 saturated carbocycles. The smallest absolute Gasteiger partial charge is 0.319 e. The van der Waals surface area contributed by atoms with Crippen LogP contribution in [0.15, 0.2) is 84.9 Å². The Hall–Kier alpha value is -3.84. The number of amides is 4. The molecular formula is C31H35ClN4O3. The van der Waals surface area contributed by atoms with Crippen molar-refractivity contribution in [3.8, 4) is 0 Å². The van der Waals surface area contributed by atoms with Crippen LogP contribution in [0.3, 0.4) is 0 Å². The van der Waals surface area contributed by atoms with Crippen LogP contribution in [-0.4, -0.2) is 40.9 Å². The molecule has 3 N–H and O–H groups in total. The van der Waals surface area contributed by atoms with E-state index in [1.165, 1.54) is 0 Å². The Balaban J connectivity index is 1.68. The summed E-state index contributed by atoms with van der Waals surface area (Å²) in [6.45, 7) is 5.59. The van der Waals surface area contributed by atoms with Crippen LogP contribution in [-0.2, 0) is 9.59 Å². The molecule has 0 spiro atoms. The van der Waals surface area contributed by atoms with Gasteiger partial charge in [-0.2, -0.15) is 0 Å². The van der Waals surface area contributed by atoms with Gasteiger partial charge in [-0.05, 0) is 68.9 Å². The number of carbonyl (C=O) groups is 3. The molecule has 4 rings (SSSR count). The molecule has 1 aliphatic rings. The molecule has 0 aliphatic carbocycles. The third-order valence-corrected chi connectivity index (χ3v) is 6.89. The van der Waals surface area contributed by atoms with Crippen molar-refractivity contribution in [3.63, 3.8) is 0 Å². The van der Waals surface area contributed by atoms with Gasteiger partial charge in [0.15, 0.2) is 0 Å². The summed E-state index contributed by atoms with van der Waals surface area (Å²) in [7, 11) is 0. The maximum absolute atomic E-state index is 14.1. The second-order valence-corrected chi connectivity index (χ2v) is 11.4. The summed E-state index contributed by atoms with van der Waals surface area (Å²) < 4.78 is 0. The average molecular weight is 547 g/mol. The van der Waals surface area contributed by atoms with Gasteiger partial charge in [-0.1, -0.05) is 78.3 Å². The maximum Gasteiger partial charge on any atom is 0.319 e. The van der Waals surface area contributed by atoms with Crippen molar-refractivity contribution < 1.29 is 14.4 Å². The molecule has 4 amide bonds. The Morgan fingerprint density at radius 2 is 1.54 bits per heavy atom. The highest BCUT2D eigenvalue weighted by Crippen LogP contribution is 2.39. The molecule has 1 saturated heterocycles. The first kappa shape index (κ1) is 28.2. The number of carbonyl (C=O) groups excluding carboxylic acids is 3. The van der Waals surface area contributed by atoms with Crippen LogP contribution >= 0.6 is 11.6 Å². The monoisotopic (exact) mass is 546 g/mol. The molecule has 1 aliphatic heterocycles. The minimum atomic E-state index is -0.842. The van der Waals surface area contributed by atoms with Crippen LogP contribution < -0.4 is 16.0 Å². The fourth-order valence-corrected chi connectivity index (χ4v) is 5.22. The van der Waals surface area contributed by atoms with Crippen molar-refractivity contribution in [2.45, 2.75) is 57.2 Å². The minimum Gasteiger partial charge on any atom is -0.350 e. The lowest BCUT2D eigenvalue weighted by Gasteiger charge is -2.33. The molecule has 3 unspecified atom stereocenters. The molecular weight excluding hydrogens is 512 g/mol. The van der Waals surface area contributed by atoms with Crippen LogP contribution in [0.5, 0.6) is 0 Å². The lowest BCUT2D eigenvalue weighted by molar-refractivity contribution is -0.139. The second kappa shape index (κ2) is 12.3. The van der Waals surface area contributed by atoms with Gasteiger partial charge < -0.3 is 20.9 Å². The van der Waals surface area contributed by atoms with E-state index in [4.69, 9.17) is 11.6 Å². The van der Waals surface area contributed by atoms with E-state index in [1.807, 2.05) is 81.4 Å². The van der Waals surface area contributed by atoms with Crippen molar-refractivity contribution in [1.82, 2.24) is 15.5 Å². The van der Waals surface area contributed by atoms with Gasteiger partial charge in [0.1, 0.15) is 12.6 Å². The number of likely N-dealkylation sites (tertiary alicyclic amines) is 1. The topological polar surface area (TPSA) is 90.5 Å². The van der Waals surface area contributed by atoms with Gasteiger partial charge in [-0.25, -0.2) is 4.79 Å². The van der Waals surface area contributed by atoms with Crippen molar-refractivity contribution in [3.05, 3.63) is 101 Å². The van der Waals surface area contributed by atoms with Gasteiger partial charge >= 0.3 is 6.03 Å². The predicted molar refractivity (Wildman–Crippen MR) is 155 cm³/mol. The van der Waals surface area contributed by atoms with Crippen molar-refractivity contribution >= 4 is 35.1 Å². The molecule has 3 aromatic carbocycles. The zero-order valence-electron chi connectivity index (χ0n) is 22.5. The number of urea groups is 1. The Morgan fingerprint density at radius 1 is 0.897 bits per heavy atom. The fourth-order valence-electron chi connectivity index (χ4n) is 5.03. The van der Waals surface area contributed by atoms with E-state index < -0.39 is 17.6 Å². The molecule has 0 bridgehead atoms. The van der Waals surface area contributed by atoms with Gasteiger partial charge in [0.2, 0.25) is 11.8 Å². The summed E-state index contributed by atoms with van der Waals surface area (Å²) in [5.74, 6) is -0.586. The van der Waals surface area contributed by atoms with Crippen LogP contribution in [0.1, 0.15) is 56.7 Å². The van der Waals surface area contributed by atoms with E-state index >= 15 is 0 Å². The Kier molecular flexibility index (Phi) is 8.92. The first-order chi connectivity index (χ1) is 18.6. The first-order valence-electron chi connectivity index (χ1n) is 13.1. The van der Waals surface area contributed by atoms with Gasteiger partial charge in [-0.15, -0.1) is 0 Å². The van der Waals surface area contributed by atoms with E-state index in [0.29, 0.717) is 23.6 Å². The maximum atomic E-state index is 14.1. The third kappa shape index (κ3) is 7.83. The molecule has 1 fully saturated rings. The highest BCUT2D eigenvalue weighted by atomic mass is 35.5. The van der Waals surface area contributed by atoms with E-state index in [2.05, 4.69) is 16.0 Å². The standard InChI is InChI=1S/C31H35ClN4O3/c1-31(2,3)35-28(37)20-36-27(22-13-8-5-9-14-22)18-23(21-11-6-4-7-12-21)17-26(29(36)38)34-30(39)33-25-16-10-15-24(32)19-25/h4-16,19,23,26-27H,17-18,20H2,1-3H3,(H,35,37)(H2,33,34,39). The Morgan fingerprint density at radius 3 is 2.15 bits per heavy atom. The Bertz CT molecular complexity index is 1290. The van der Waals surface area contributed by atoms with Crippen LogP contribution in [0.2, 0.25) is 5.02 Å². The van der Waals surface area contributed by atoms with Gasteiger partial charge in [-0.3, -0.25) is 9.59 Å². The molecule has 204 valence electrons. The second-order valence-electron chi connectivity index (χ2n) is 10.9. The van der Waals surface area contributed by atoms with E-state index in [1.54, 1.807) is 29.2 Å². The van der Waals surface area contributed by atoms with E-state index in [0.717, 1.165) is 11.1 Å². The number of halogens is 1. The summed E-state index contributed by atoms with van der Waals surface area (Å²) in [6, 6.07) is 24.9. The molecule has 0 aromatic heterocycles. The largest absolute Gasteiger partial charge is 0.350 e. The summed E-state index contributed by atoms with van der Waals surface area (Å²) in [5, 5.41) is 9.12. The summed E-state index contributed by atoms with van der Waals surface area (Å²) in [4.78, 5) is 41.9. The average Bonchev–Trinajstić information content (AvgIpc) is 3.01. The van der Waals surface area contributed by atoms with E-state index in [-0.39, 0.29) is 30.3 Å². The lowest BCUT2D eigenvalue weighted by atomic mass is 9.86. The van der Waals surface area contributed by atoms with Crippen molar-refractivity contribution in [2.75, 3.05) is 11.9 Å². The summed E-state index contributed by atoms with van der Waals surface area (Å²) in [5.41, 5.74) is 2.09. The normalized spacial score (nSPS) is 19.6. The van der Waals surface area contributed by atoms with Crippen molar-refractivity contribution in [1.29, 1.82) is 0 Å². The molecule has 3 aromatic rings. The van der Waals surface area contributed by atoms with Crippen LogP contribution in [0.25, 0.3) is 0 Å². The Labute approximate surface area is 234 Å². The lowest BCUT2D eigenvalue weighted by Crippen LogP contribution is -2.53. The molecule has 3 atom stereocenters. The number of nitrogens with one attached hydrogen (secondary N) is 3. The number of benzene rings is 3. The summed E-state index contributed by atoms with van der Waals surface area (Å²) in [6.07, 6.45) is 1.00. The van der Waals surface area contributed by atoms with E-state index in [9.17, 15) is 14.4 Å². The quantitative estimate of drug-likeness (QED) is 0.360. The zero-order valence-corrected chi connectivity index (χ0v) is 23.2. The van der Waals surface area contributed by atoms with Gasteiger partial charge in [0.25, 0.3) is 0 Å². The predicted octanol–water partition coefficient (Wildman–Crippen LogP) is 5.89. The van der Waals surface area contributed by atoms with Gasteiger partial charge in [0.05, 0.1) is 6.04 Å². The van der Waals surface area contributed by atoms with Crippen LogP contribution in [0, 0.1) is 0 Å². The highest BCUT2D eigenvalue weighted by Gasteiger charge is 2.40. The number of anilines is 1. The number of nitrogens with zero attached hydrogens (tertiary/aromatic N) is 1.